The van der Waals surface area contributed by atoms with Crippen molar-refractivity contribution in [2.75, 3.05) is 7.05 Å². The highest BCUT2D eigenvalue weighted by Crippen LogP contribution is 2.28. The Labute approximate surface area is 150 Å². The van der Waals surface area contributed by atoms with Crippen molar-refractivity contribution in [3.8, 4) is 0 Å². The molecular weight excluding hydrogens is 342 g/mol. The van der Waals surface area contributed by atoms with Gasteiger partial charge in [-0.05, 0) is 30.5 Å². The highest BCUT2D eigenvalue weighted by molar-refractivity contribution is 7.18. The first-order chi connectivity index (χ1) is 11.7. The van der Waals surface area contributed by atoms with E-state index in [9.17, 15) is 4.79 Å². The van der Waals surface area contributed by atoms with Gasteiger partial charge in [0.2, 0.25) is 0 Å². The third-order valence-electron chi connectivity index (χ3n) is 4.98. The number of thiazole rings is 1. The molecule has 4 nitrogen and oxygen atoms in total. The molecule has 1 aliphatic carbocycles. The summed E-state index contributed by atoms with van der Waals surface area (Å²) in [4.78, 5) is 21.0. The van der Waals surface area contributed by atoms with Gasteiger partial charge in [0, 0.05) is 25.2 Å². The van der Waals surface area contributed by atoms with Crippen molar-refractivity contribution < 1.29 is 4.79 Å². The van der Waals surface area contributed by atoms with Gasteiger partial charge in [-0.1, -0.05) is 36.7 Å². The summed E-state index contributed by atoms with van der Waals surface area (Å²) in [5, 5.41) is 0. The normalized spacial score (nSPS) is 16.1. The van der Waals surface area contributed by atoms with Crippen LogP contribution >= 0.6 is 22.9 Å². The van der Waals surface area contributed by atoms with Crippen LogP contribution in [0.5, 0.6) is 0 Å². The van der Waals surface area contributed by atoms with Crippen molar-refractivity contribution in [1.82, 2.24) is 14.3 Å². The molecule has 0 spiro atoms. The lowest BCUT2D eigenvalue weighted by Crippen LogP contribution is -2.37. The Morgan fingerprint density at radius 3 is 2.92 bits per heavy atom. The summed E-state index contributed by atoms with van der Waals surface area (Å²) in [6.07, 6.45) is 7.90. The second-order valence-corrected chi connectivity index (χ2v) is 7.80. The van der Waals surface area contributed by atoms with Gasteiger partial charge in [0.25, 0.3) is 5.91 Å². The minimum Gasteiger partial charge on any atom is -0.338 e. The van der Waals surface area contributed by atoms with E-state index in [-0.39, 0.29) is 5.91 Å². The lowest BCUT2D eigenvalue weighted by atomic mass is 9.94. The summed E-state index contributed by atoms with van der Waals surface area (Å²) in [5.74, 6) is 0.586. The monoisotopic (exact) mass is 361 g/mol. The quantitative estimate of drug-likeness (QED) is 0.634. The molecule has 2 heterocycles. The fourth-order valence-corrected chi connectivity index (χ4v) is 4.69. The van der Waals surface area contributed by atoms with Crippen LogP contribution in [0.2, 0.25) is 0 Å². The highest BCUT2D eigenvalue weighted by Gasteiger charge is 2.25. The van der Waals surface area contributed by atoms with Crippen molar-refractivity contribution >= 4 is 44.8 Å². The number of fused-ring (bicyclic) bond motifs is 3. The lowest BCUT2D eigenvalue weighted by Gasteiger charge is -2.30. The van der Waals surface area contributed by atoms with Crippen molar-refractivity contribution in [3.05, 3.63) is 34.8 Å². The molecule has 6 heteroatoms. The lowest BCUT2D eigenvalue weighted by molar-refractivity contribution is 0.0701. The number of benzene rings is 1. The fourth-order valence-electron chi connectivity index (χ4n) is 3.55. The van der Waals surface area contributed by atoms with Crippen molar-refractivity contribution in [1.29, 1.82) is 0 Å². The Kier molecular flexibility index (Phi) is 4.22. The Bertz CT molecular complexity index is 894. The van der Waals surface area contributed by atoms with Crippen LogP contribution < -0.4 is 0 Å². The number of carbonyl (C=O) groups is 1. The van der Waals surface area contributed by atoms with Gasteiger partial charge in [-0.3, -0.25) is 9.20 Å². The molecule has 1 saturated carbocycles. The Morgan fingerprint density at radius 2 is 2.17 bits per heavy atom. The van der Waals surface area contributed by atoms with E-state index in [4.69, 9.17) is 11.6 Å². The van der Waals surface area contributed by atoms with Gasteiger partial charge in [-0.25, -0.2) is 4.98 Å². The molecule has 0 radical (unpaired) electrons. The number of alkyl halides is 1. The third kappa shape index (κ3) is 2.70. The predicted octanol–water partition coefficient (Wildman–Crippen LogP) is 4.69. The first-order valence-corrected chi connectivity index (χ1v) is 9.76. The number of amides is 1. The number of halogens is 1. The molecule has 0 bridgehead atoms. The van der Waals surface area contributed by atoms with Gasteiger partial charge in [0.05, 0.1) is 11.0 Å². The van der Waals surface area contributed by atoms with Crippen LogP contribution in [0.1, 0.15) is 47.3 Å². The molecule has 1 aliphatic rings. The number of aromatic nitrogens is 2. The predicted molar refractivity (Wildman–Crippen MR) is 99.1 cm³/mol. The zero-order valence-corrected chi connectivity index (χ0v) is 15.2. The SMILES string of the molecule is CN(C(=O)c1cn2c(nc3ccc(CCl)cc32)s1)C1CCCCC1. The summed E-state index contributed by atoms with van der Waals surface area (Å²) < 4.78 is 2.01. The maximum Gasteiger partial charge on any atom is 0.265 e. The Balaban J connectivity index is 1.67. The molecular formula is C18H20ClN3OS. The van der Waals surface area contributed by atoms with E-state index in [0.717, 1.165) is 39.3 Å². The maximum atomic E-state index is 12.8. The zero-order chi connectivity index (χ0) is 16.7. The van der Waals surface area contributed by atoms with Crippen LogP contribution in [0.25, 0.3) is 16.0 Å². The van der Waals surface area contributed by atoms with E-state index in [1.165, 1.54) is 30.6 Å². The molecule has 1 aromatic carbocycles. The van der Waals surface area contributed by atoms with Crippen LogP contribution in [0, 0.1) is 0 Å². The van der Waals surface area contributed by atoms with Crippen molar-refractivity contribution in [2.45, 2.75) is 44.0 Å². The average Bonchev–Trinajstić information content (AvgIpc) is 3.18. The van der Waals surface area contributed by atoms with Gasteiger partial charge in [0.1, 0.15) is 4.88 Å². The van der Waals surface area contributed by atoms with E-state index >= 15 is 0 Å². The summed E-state index contributed by atoms with van der Waals surface area (Å²) >= 11 is 7.41. The first kappa shape index (κ1) is 15.9. The number of imidazole rings is 1. The second kappa shape index (κ2) is 6.37. The molecule has 24 heavy (non-hydrogen) atoms. The smallest absolute Gasteiger partial charge is 0.265 e. The zero-order valence-electron chi connectivity index (χ0n) is 13.7. The molecule has 0 atom stereocenters. The molecule has 0 aliphatic heterocycles. The van der Waals surface area contributed by atoms with E-state index in [1.807, 2.05) is 40.7 Å². The molecule has 4 rings (SSSR count). The molecule has 3 aromatic rings. The average molecular weight is 362 g/mol. The Morgan fingerprint density at radius 1 is 1.38 bits per heavy atom. The van der Waals surface area contributed by atoms with E-state index in [0.29, 0.717) is 11.9 Å². The van der Waals surface area contributed by atoms with Gasteiger partial charge in [0.15, 0.2) is 4.96 Å². The fraction of sp³-hybridized carbons (Fsp3) is 0.444. The summed E-state index contributed by atoms with van der Waals surface area (Å²) in [7, 11) is 1.94. The van der Waals surface area contributed by atoms with E-state index < -0.39 is 0 Å². The second-order valence-electron chi connectivity index (χ2n) is 6.52. The van der Waals surface area contributed by atoms with E-state index in [2.05, 4.69) is 4.98 Å². The van der Waals surface area contributed by atoms with Crippen molar-refractivity contribution in [3.63, 3.8) is 0 Å². The standard InChI is InChI=1S/C18H20ClN3OS/c1-21(13-5-3-2-4-6-13)17(23)16-11-22-15-9-12(10-19)7-8-14(15)20-18(22)24-16/h7-9,11,13H,2-6,10H2,1H3. The highest BCUT2D eigenvalue weighted by atomic mass is 35.5. The molecule has 1 amide bonds. The van der Waals surface area contributed by atoms with Crippen LogP contribution in [-0.4, -0.2) is 33.3 Å². The molecule has 1 fully saturated rings. The minimum absolute atomic E-state index is 0.110. The van der Waals surface area contributed by atoms with Crippen LogP contribution in [0.4, 0.5) is 0 Å². The number of hydrogen-bond donors (Lipinski definition) is 0. The molecule has 0 N–H and O–H groups in total. The van der Waals surface area contributed by atoms with Crippen molar-refractivity contribution in [2.24, 2.45) is 0 Å². The van der Waals surface area contributed by atoms with E-state index in [1.54, 1.807) is 0 Å². The number of rotatable bonds is 3. The summed E-state index contributed by atoms with van der Waals surface area (Å²) in [6.45, 7) is 0. The molecule has 2 aromatic heterocycles. The molecule has 0 unspecified atom stereocenters. The van der Waals surface area contributed by atoms with Crippen LogP contribution in [0.15, 0.2) is 24.4 Å². The molecule has 0 saturated heterocycles. The minimum atomic E-state index is 0.110. The molecule has 126 valence electrons. The van der Waals surface area contributed by atoms with Gasteiger partial charge in [-0.2, -0.15) is 0 Å². The largest absolute Gasteiger partial charge is 0.338 e. The van der Waals surface area contributed by atoms with Crippen LogP contribution in [0.3, 0.4) is 0 Å². The van der Waals surface area contributed by atoms with Gasteiger partial charge in [-0.15, -0.1) is 11.6 Å². The number of nitrogens with zero attached hydrogens (tertiary/aromatic N) is 3. The van der Waals surface area contributed by atoms with Gasteiger partial charge >= 0.3 is 0 Å². The van der Waals surface area contributed by atoms with Gasteiger partial charge < -0.3 is 4.90 Å². The summed E-state index contributed by atoms with van der Waals surface area (Å²) in [6, 6.07) is 6.41. The summed E-state index contributed by atoms with van der Waals surface area (Å²) in [5.41, 5.74) is 3.01. The third-order valence-corrected chi connectivity index (χ3v) is 6.26. The van der Waals surface area contributed by atoms with Crippen LogP contribution in [-0.2, 0) is 5.88 Å². The number of hydrogen-bond acceptors (Lipinski definition) is 3. The maximum absolute atomic E-state index is 12.8. The number of carbonyl (C=O) groups excluding carboxylic acids is 1. The first-order valence-electron chi connectivity index (χ1n) is 8.41. The topological polar surface area (TPSA) is 37.6 Å². The Hall–Kier alpha value is -1.59.